The summed E-state index contributed by atoms with van der Waals surface area (Å²) in [5.41, 5.74) is 0. The van der Waals surface area contributed by atoms with Gasteiger partial charge < -0.3 is 19.1 Å². The minimum Gasteiger partial charge on any atom is -0.485 e. The summed E-state index contributed by atoms with van der Waals surface area (Å²) < 4.78 is 19.1. The molecule has 28 heavy (non-hydrogen) atoms. The SMILES string of the molecule is C=CCn1c(SCC(=O)N2CCOCC2)nnc1C1COc2ccccc2O1. The third kappa shape index (κ3) is 4.00. The Balaban J connectivity index is 1.47. The maximum Gasteiger partial charge on any atom is 0.233 e. The van der Waals surface area contributed by atoms with Crippen molar-refractivity contribution >= 4 is 17.7 Å². The fraction of sp³-hybridized carbons (Fsp3) is 0.421. The Hall–Kier alpha value is -2.52. The van der Waals surface area contributed by atoms with E-state index in [9.17, 15) is 4.79 Å². The van der Waals surface area contributed by atoms with Crippen LogP contribution in [0.1, 0.15) is 11.9 Å². The van der Waals surface area contributed by atoms with Crippen LogP contribution in [0, 0.1) is 0 Å². The van der Waals surface area contributed by atoms with Crippen LogP contribution in [0.3, 0.4) is 0 Å². The summed E-state index contributed by atoms with van der Waals surface area (Å²) in [7, 11) is 0. The van der Waals surface area contributed by atoms with Gasteiger partial charge in [-0.25, -0.2) is 0 Å². The Labute approximate surface area is 167 Å². The number of thioether (sulfide) groups is 1. The second-order valence-corrected chi connectivity index (χ2v) is 7.33. The van der Waals surface area contributed by atoms with Gasteiger partial charge in [0.15, 0.2) is 28.6 Å². The monoisotopic (exact) mass is 402 g/mol. The highest BCUT2D eigenvalue weighted by molar-refractivity contribution is 7.99. The molecule has 0 saturated carbocycles. The summed E-state index contributed by atoms with van der Waals surface area (Å²) in [4.78, 5) is 14.2. The van der Waals surface area contributed by atoms with Crippen LogP contribution in [0.2, 0.25) is 0 Å². The maximum absolute atomic E-state index is 12.4. The Morgan fingerprint density at radius 2 is 2.04 bits per heavy atom. The Morgan fingerprint density at radius 3 is 2.82 bits per heavy atom. The van der Waals surface area contributed by atoms with Gasteiger partial charge in [0.05, 0.1) is 19.0 Å². The fourth-order valence-electron chi connectivity index (χ4n) is 3.12. The van der Waals surface area contributed by atoms with Gasteiger partial charge in [-0.3, -0.25) is 9.36 Å². The van der Waals surface area contributed by atoms with Gasteiger partial charge in [0.25, 0.3) is 0 Å². The van der Waals surface area contributed by atoms with E-state index in [2.05, 4.69) is 16.8 Å². The number of rotatable bonds is 6. The second kappa shape index (κ2) is 8.66. The molecule has 3 heterocycles. The van der Waals surface area contributed by atoms with Crippen molar-refractivity contribution in [3.63, 3.8) is 0 Å². The molecule has 8 nitrogen and oxygen atoms in total. The molecule has 1 aromatic carbocycles. The third-order valence-corrected chi connectivity index (χ3v) is 5.49. The number of ether oxygens (including phenoxy) is 3. The van der Waals surface area contributed by atoms with E-state index < -0.39 is 0 Å². The summed E-state index contributed by atoms with van der Waals surface area (Å²) in [6, 6.07) is 7.55. The summed E-state index contributed by atoms with van der Waals surface area (Å²) in [6.45, 7) is 7.15. The third-order valence-electron chi connectivity index (χ3n) is 4.54. The van der Waals surface area contributed by atoms with Crippen molar-refractivity contribution in [2.45, 2.75) is 17.8 Å². The number of hydrogen-bond donors (Lipinski definition) is 0. The number of carbonyl (C=O) groups is 1. The first-order valence-corrected chi connectivity index (χ1v) is 10.2. The molecule has 1 unspecified atom stereocenters. The number of amides is 1. The summed E-state index contributed by atoms with van der Waals surface area (Å²) in [5, 5.41) is 9.26. The lowest BCUT2D eigenvalue weighted by atomic mass is 10.2. The predicted molar refractivity (Wildman–Crippen MR) is 104 cm³/mol. The van der Waals surface area contributed by atoms with E-state index in [1.165, 1.54) is 11.8 Å². The molecule has 2 aliphatic rings. The van der Waals surface area contributed by atoms with Gasteiger partial charge in [-0.05, 0) is 12.1 Å². The largest absolute Gasteiger partial charge is 0.485 e. The van der Waals surface area contributed by atoms with Crippen molar-refractivity contribution < 1.29 is 19.0 Å². The molecule has 0 spiro atoms. The van der Waals surface area contributed by atoms with Crippen LogP contribution in [-0.2, 0) is 16.1 Å². The van der Waals surface area contributed by atoms with E-state index >= 15 is 0 Å². The molecule has 9 heteroatoms. The van der Waals surface area contributed by atoms with Crippen LogP contribution in [0.4, 0.5) is 0 Å². The molecule has 1 aromatic heterocycles. The van der Waals surface area contributed by atoms with Crippen LogP contribution in [-0.4, -0.2) is 64.2 Å². The molecule has 1 amide bonds. The number of allylic oxidation sites excluding steroid dienone is 1. The van der Waals surface area contributed by atoms with Crippen molar-refractivity contribution in [1.82, 2.24) is 19.7 Å². The van der Waals surface area contributed by atoms with Gasteiger partial charge in [-0.1, -0.05) is 30.0 Å². The zero-order valence-corrected chi connectivity index (χ0v) is 16.3. The second-order valence-electron chi connectivity index (χ2n) is 6.39. The normalized spacial score (nSPS) is 18.7. The number of benzene rings is 1. The molecule has 0 bridgehead atoms. The van der Waals surface area contributed by atoms with Gasteiger partial charge in [-0.2, -0.15) is 0 Å². The van der Waals surface area contributed by atoms with Crippen molar-refractivity contribution in [3.8, 4) is 11.5 Å². The van der Waals surface area contributed by atoms with Crippen LogP contribution >= 0.6 is 11.8 Å². The molecule has 4 rings (SSSR count). The topological polar surface area (TPSA) is 78.7 Å². The van der Waals surface area contributed by atoms with Crippen LogP contribution < -0.4 is 9.47 Å². The number of hydrogen-bond acceptors (Lipinski definition) is 7. The first-order valence-electron chi connectivity index (χ1n) is 9.17. The van der Waals surface area contributed by atoms with Crippen molar-refractivity contribution in [3.05, 3.63) is 42.7 Å². The number of aromatic nitrogens is 3. The van der Waals surface area contributed by atoms with E-state index in [4.69, 9.17) is 14.2 Å². The number of para-hydroxylation sites is 2. The van der Waals surface area contributed by atoms with Gasteiger partial charge >= 0.3 is 0 Å². The maximum atomic E-state index is 12.4. The lowest BCUT2D eigenvalue weighted by Crippen LogP contribution is -2.41. The molecule has 0 radical (unpaired) electrons. The number of fused-ring (bicyclic) bond motifs is 1. The highest BCUT2D eigenvalue weighted by Crippen LogP contribution is 2.36. The molecule has 148 valence electrons. The molecule has 1 saturated heterocycles. The first-order chi connectivity index (χ1) is 13.8. The Bertz CT molecular complexity index is 850. The van der Waals surface area contributed by atoms with Crippen LogP contribution in [0.25, 0.3) is 0 Å². The highest BCUT2D eigenvalue weighted by atomic mass is 32.2. The molecule has 1 fully saturated rings. The van der Waals surface area contributed by atoms with Crippen LogP contribution in [0.5, 0.6) is 11.5 Å². The smallest absolute Gasteiger partial charge is 0.233 e. The quantitative estimate of drug-likeness (QED) is 0.540. The molecular formula is C19H22N4O4S. The average Bonchev–Trinajstić information content (AvgIpc) is 3.15. The number of nitrogens with zero attached hydrogens (tertiary/aromatic N) is 4. The van der Waals surface area contributed by atoms with Gasteiger partial charge in [0.1, 0.15) is 6.61 Å². The van der Waals surface area contributed by atoms with E-state index in [0.717, 1.165) is 5.75 Å². The average molecular weight is 402 g/mol. The zero-order chi connectivity index (χ0) is 19.3. The summed E-state index contributed by atoms with van der Waals surface area (Å²) >= 11 is 1.37. The van der Waals surface area contributed by atoms with E-state index in [1.54, 1.807) is 6.08 Å². The number of morpholine rings is 1. The van der Waals surface area contributed by atoms with Crippen molar-refractivity contribution in [1.29, 1.82) is 0 Å². The number of carbonyl (C=O) groups excluding carboxylic acids is 1. The standard InChI is InChI=1S/C19H22N4O4S/c1-2-7-23-18(16-12-26-14-5-3-4-6-15(14)27-16)20-21-19(23)28-13-17(24)22-8-10-25-11-9-22/h2-6,16H,1,7-13H2. The lowest BCUT2D eigenvalue weighted by molar-refractivity contribution is -0.132. The van der Waals surface area contributed by atoms with E-state index in [0.29, 0.717) is 61.9 Å². The zero-order valence-electron chi connectivity index (χ0n) is 15.5. The molecule has 2 aliphatic heterocycles. The van der Waals surface area contributed by atoms with E-state index in [1.807, 2.05) is 33.7 Å². The minimum atomic E-state index is -0.369. The van der Waals surface area contributed by atoms with E-state index in [-0.39, 0.29) is 12.0 Å². The lowest BCUT2D eigenvalue weighted by Gasteiger charge is -2.27. The molecular weight excluding hydrogens is 380 g/mol. The highest BCUT2D eigenvalue weighted by Gasteiger charge is 2.28. The minimum absolute atomic E-state index is 0.0779. The Kier molecular flexibility index (Phi) is 5.82. The summed E-state index contributed by atoms with van der Waals surface area (Å²) in [6.07, 6.45) is 1.41. The Morgan fingerprint density at radius 1 is 1.25 bits per heavy atom. The fourth-order valence-corrected chi connectivity index (χ4v) is 3.98. The summed E-state index contributed by atoms with van der Waals surface area (Å²) in [5.74, 6) is 2.45. The van der Waals surface area contributed by atoms with Crippen LogP contribution in [0.15, 0.2) is 42.1 Å². The van der Waals surface area contributed by atoms with Crippen molar-refractivity contribution in [2.75, 3.05) is 38.7 Å². The predicted octanol–water partition coefficient (Wildman–Crippen LogP) is 1.93. The molecule has 2 aromatic rings. The van der Waals surface area contributed by atoms with Gasteiger partial charge in [0, 0.05) is 19.6 Å². The molecule has 0 aliphatic carbocycles. The molecule has 0 N–H and O–H groups in total. The molecule has 1 atom stereocenters. The van der Waals surface area contributed by atoms with Crippen molar-refractivity contribution in [2.24, 2.45) is 0 Å². The first kappa shape index (κ1) is 18.8. The van der Waals surface area contributed by atoms with Gasteiger partial charge in [0.2, 0.25) is 5.91 Å². The van der Waals surface area contributed by atoms with Gasteiger partial charge in [-0.15, -0.1) is 16.8 Å².